The van der Waals surface area contributed by atoms with Crippen LogP contribution >= 0.6 is 47.8 Å². The van der Waals surface area contributed by atoms with Crippen LogP contribution in [0.4, 0.5) is 0 Å². The number of halogens is 3. The first-order valence-corrected chi connectivity index (χ1v) is 4.66. The van der Waals surface area contributed by atoms with E-state index in [0.717, 1.165) is 6.42 Å². The molecule has 0 aliphatic carbocycles. The molecule has 1 heterocycles. The van der Waals surface area contributed by atoms with Crippen molar-refractivity contribution in [2.75, 3.05) is 0 Å². The molecule has 1 rings (SSSR count). The van der Waals surface area contributed by atoms with Gasteiger partial charge in [0.2, 0.25) is 3.42 Å². The summed E-state index contributed by atoms with van der Waals surface area (Å²) in [5.41, 5.74) is 0. The summed E-state index contributed by atoms with van der Waals surface area (Å²) in [7, 11) is 0. The quantitative estimate of drug-likeness (QED) is 0.536. The lowest BCUT2D eigenvalue weighted by molar-refractivity contribution is 0.374. The van der Waals surface area contributed by atoms with E-state index in [9.17, 15) is 0 Å². The molecule has 0 radical (unpaired) electrons. The third-order valence-corrected chi connectivity index (χ3v) is 5.09. The Morgan fingerprint density at radius 1 is 1.38 bits per heavy atom. The van der Waals surface area contributed by atoms with Crippen molar-refractivity contribution in [3.63, 3.8) is 0 Å². The zero-order chi connectivity index (χ0) is 6.41. The van der Waals surface area contributed by atoms with Gasteiger partial charge in [0.1, 0.15) is 0 Å². The summed E-state index contributed by atoms with van der Waals surface area (Å²) in [6, 6.07) is 0. The van der Waals surface area contributed by atoms with E-state index in [2.05, 4.69) is 54.7 Å². The smallest absolute Gasteiger partial charge is 0.218 e. The van der Waals surface area contributed by atoms with Gasteiger partial charge in [-0.2, -0.15) is 0 Å². The van der Waals surface area contributed by atoms with Gasteiger partial charge in [0.05, 0.1) is 0 Å². The molecule has 1 saturated heterocycles. The molecule has 4 heteroatoms. The van der Waals surface area contributed by atoms with Crippen molar-refractivity contribution in [3.8, 4) is 0 Å². The Morgan fingerprint density at radius 3 is 1.75 bits per heavy atom. The highest BCUT2D eigenvalue weighted by molar-refractivity contribution is 9.26. The van der Waals surface area contributed by atoms with E-state index in [1.165, 1.54) is 0 Å². The highest BCUT2D eigenvalue weighted by atomic mass is 79.9. The lowest BCUT2D eigenvalue weighted by atomic mass is 10.4. The standard InChI is InChI=1S/C4H5Br3O/c1-2-3(5)4(6,7)8-3/h2H2,1H3. The molecule has 1 aliphatic rings. The van der Waals surface area contributed by atoms with Gasteiger partial charge in [0.15, 0.2) is 4.51 Å². The van der Waals surface area contributed by atoms with E-state index in [1.807, 2.05) is 0 Å². The average Bonchev–Trinajstić information content (AvgIpc) is 2.10. The second kappa shape index (κ2) is 1.94. The van der Waals surface area contributed by atoms with Crippen LogP contribution in [-0.2, 0) is 4.74 Å². The molecule has 0 aromatic rings. The molecular weight excluding hydrogens is 304 g/mol. The third-order valence-electron chi connectivity index (χ3n) is 1.14. The Labute approximate surface area is 73.5 Å². The maximum absolute atomic E-state index is 5.19. The Morgan fingerprint density at radius 2 is 1.75 bits per heavy atom. The Hall–Kier alpha value is 1.40. The largest absolute Gasteiger partial charge is 0.327 e. The molecule has 1 unspecified atom stereocenters. The fraction of sp³-hybridized carbons (Fsp3) is 1.00. The van der Waals surface area contributed by atoms with Gasteiger partial charge < -0.3 is 4.74 Å². The third kappa shape index (κ3) is 1.00. The minimum absolute atomic E-state index is 0.167. The van der Waals surface area contributed by atoms with Crippen LogP contribution < -0.4 is 0 Å². The van der Waals surface area contributed by atoms with Gasteiger partial charge in [0, 0.05) is 0 Å². The van der Waals surface area contributed by atoms with Crippen LogP contribution in [0.5, 0.6) is 0 Å². The van der Waals surface area contributed by atoms with E-state index in [4.69, 9.17) is 4.74 Å². The van der Waals surface area contributed by atoms with E-state index in [1.54, 1.807) is 0 Å². The number of hydrogen-bond donors (Lipinski definition) is 0. The van der Waals surface area contributed by atoms with Crippen molar-refractivity contribution in [3.05, 3.63) is 0 Å². The molecule has 0 amide bonds. The summed E-state index contributed by atoms with van der Waals surface area (Å²) in [6.07, 6.45) is 0.948. The van der Waals surface area contributed by atoms with Crippen molar-refractivity contribution in [1.82, 2.24) is 0 Å². The minimum Gasteiger partial charge on any atom is -0.327 e. The molecule has 0 saturated carbocycles. The normalized spacial score (nSPS) is 42.0. The highest BCUT2D eigenvalue weighted by Crippen LogP contribution is 2.63. The predicted octanol–water partition coefficient (Wildman–Crippen LogP) is 2.96. The molecule has 0 bridgehead atoms. The van der Waals surface area contributed by atoms with Crippen molar-refractivity contribution >= 4 is 47.8 Å². The molecule has 1 atom stereocenters. The minimum atomic E-state index is -0.304. The zero-order valence-electron chi connectivity index (χ0n) is 4.25. The van der Waals surface area contributed by atoms with Crippen LogP contribution in [0, 0.1) is 0 Å². The summed E-state index contributed by atoms with van der Waals surface area (Å²) >= 11 is 10.0. The molecule has 0 aromatic carbocycles. The van der Waals surface area contributed by atoms with Crippen LogP contribution in [0.15, 0.2) is 0 Å². The molecule has 1 nitrogen and oxygen atoms in total. The van der Waals surface area contributed by atoms with Crippen LogP contribution in [-0.4, -0.2) is 7.93 Å². The molecule has 8 heavy (non-hydrogen) atoms. The average molecular weight is 309 g/mol. The number of epoxide rings is 1. The molecule has 0 aromatic heterocycles. The molecule has 1 aliphatic heterocycles. The van der Waals surface area contributed by atoms with Gasteiger partial charge >= 0.3 is 0 Å². The molecular formula is C4H5Br3O. The zero-order valence-corrected chi connectivity index (χ0v) is 9.01. The van der Waals surface area contributed by atoms with Crippen LogP contribution in [0.1, 0.15) is 13.3 Å². The van der Waals surface area contributed by atoms with Crippen LogP contribution in [0.3, 0.4) is 0 Å². The Bertz CT molecular complexity index is 114. The Balaban J connectivity index is 2.55. The lowest BCUT2D eigenvalue weighted by Crippen LogP contribution is -2.03. The van der Waals surface area contributed by atoms with Crippen molar-refractivity contribution in [2.24, 2.45) is 0 Å². The van der Waals surface area contributed by atoms with Gasteiger partial charge in [-0.25, -0.2) is 0 Å². The van der Waals surface area contributed by atoms with E-state index < -0.39 is 0 Å². The maximum Gasteiger partial charge on any atom is 0.218 e. The first-order valence-electron chi connectivity index (χ1n) is 2.29. The number of alkyl halides is 3. The van der Waals surface area contributed by atoms with Crippen LogP contribution in [0.2, 0.25) is 0 Å². The summed E-state index contributed by atoms with van der Waals surface area (Å²) in [6.45, 7) is 2.05. The van der Waals surface area contributed by atoms with E-state index in [-0.39, 0.29) is 7.93 Å². The van der Waals surface area contributed by atoms with Crippen molar-refractivity contribution in [2.45, 2.75) is 21.3 Å². The van der Waals surface area contributed by atoms with Gasteiger partial charge in [-0.05, 0) is 54.2 Å². The molecule has 48 valence electrons. The predicted molar refractivity (Wildman–Crippen MR) is 43.6 cm³/mol. The van der Waals surface area contributed by atoms with Crippen molar-refractivity contribution in [1.29, 1.82) is 0 Å². The fourth-order valence-corrected chi connectivity index (χ4v) is 2.25. The first kappa shape index (κ1) is 7.51. The number of rotatable bonds is 1. The first-order chi connectivity index (χ1) is 3.52. The molecule has 0 spiro atoms. The number of ether oxygens (including phenoxy) is 1. The maximum atomic E-state index is 5.19. The Kier molecular flexibility index (Phi) is 1.82. The van der Waals surface area contributed by atoms with E-state index >= 15 is 0 Å². The lowest BCUT2D eigenvalue weighted by Gasteiger charge is -1.96. The monoisotopic (exact) mass is 306 g/mol. The van der Waals surface area contributed by atoms with Gasteiger partial charge in [-0.1, -0.05) is 6.92 Å². The topological polar surface area (TPSA) is 12.5 Å². The summed E-state index contributed by atoms with van der Waals surface area (Å²) in [4.78, 5) is 0. The second-order valence-corrected chi connectivity index (χ2v) is 6.28. The molecule has 1 fully saturated rings. The van der Waals surface area contributed by atoms with Crippen molar-refractivity contribution < 1.29 is 4.74 Å². The summed E-state index contributed by atoms with van der Waals surface area (Å²) in [5, 5.41) is 0. The fourth-order valence-electron chi connectivity index (χ4n) is 0.456. The molecule has 0 N–H and O–H groups in total. The van der Waals surface area contributed by atoms with Gasteiger partial charge in [-0.15, -0.1) is 0 Å². The SMILES string of the molecule is CCC1(Br)OC1(Br)Br. The summed E-state index contributed by atoms with van der Waals surface area (Å²) < 4.78 is 4.72. The van der Waals surface area contributed by atoms with Crippen LogP contribution in [0.25, 0.3) is 0 Å². The summed E-state index contributed by atoms with van der Waals surface area (Å²) in [5.74, 6) is 0. The number of hydrogen-bond acceptors (Lipinski definition) is 1. The second-order valence-electron chi connectivity index (χ2n) is 1.70. The highest BCUT2D eigenvalue weighted by Gasteiger charge is 2.65. The van der Waals surface area contributed by atoms with Gasteiger partial charge in [0.25, 0.3) is 0 Å². The van der Waals surface area contributed by atoms with Gasteiger partial charge in [-0.3, -0.25) is 0 Å². The van der Waals surface area contributed by atoms with E-state index in [0.29, 0.717) is 0 Å².